The van der Waals surface area contributed by atoms with E-state index >= 15 is 0 Å². The van der Waals surface area contributed by atoms with Crippen LogP contribution in [-0.4, -0.2) is 12.4 Å². The zero-order valence-corrected chi connectivity index (χ0v) is 9.48. The molecule has 0 aliphatic heterocycles. The Morgan fingerprint density at radius 2 is 2.21 bits per heavy atom. The fourth-order valence-corrected chi connectivity index (χ4v) is 1.51. The molecule has 0 atom stereocenters. The van der Waals surface area contributed by atoms with E-state index in [1.54, 1.807) is 0 Å². The Hall–Kier alpha value is -0.690. The summed E-state index contributed by atoms with van der Waals surface area (Å²) < 4.78 is 0. The van der Waals surface area contributed by atoms with Crippen molar-refractivity contribution >= 4 is 17.3 Å². The van der Waals surface area contributed by atoms with Crippen molar-refractivity contribution in [2.75, 3.05) is 17.7 Å². The standard InChI is InChI=1S/C12H18ClN/c1-2-9-14-12-7-3-5-11(10-12)6-4-8-13/h3,5,7,10,14H,2,4,6,8-9H2,1H3. The van der Waals surface area contributed by atoms with Crippen LogP contribution in [0.1, 0.15) is 25.3 Å². The minimum atomic E-state index is 0.743. The Morgan fingerprint density at radius 3 is 2.93 bits per heavy atom. The first-order valence-electron chi connectivity index (χ1n) is 5.25. The number of nitrogens with one attached hydrogen (secondary N) is 1. The van der Waals surface area contributed by atoms with Gasteiger partial charge in [-0.2, -0.15) is 0 Å². The quantitative estimate of drug-likeness (QED) is 0.708. The van der Waals surface area contributed by atoms with Gasteiger partial charge in [0.25, 0.3) is 0 Å². The van der Waals surface area contributed by atoms with Crippen LogP contribution < -0.4 is 5.32 Å². The van der Waals surface area contributed by atoms with Crippen LogP contribution in [0.4, 0.5) is 5.69 Å². The molecule has 0 unspecified atom stereocenters. The molecule has 0 aromatic heterocycles. The monoisotopic (exact) mass is 211 g/mol. The lowest BCUT2D eigenvalue weighted by molar-refractivity contribution is 0.926. The lowest BCUT2D eigenvalue weighted by atomic mass is 10.1. The largest absolute Gasteiger partial charge is 0.385 e. The lowest BCUT2D eigenvalue weighted by Gasteiger charge is -2.06. The fourth-order valence-electron chi connectivity index (χ4n) is 1.38. The Bertz CT molecular complexity index is 237. The van der Waals surface area contributed by atoms with E-state index in [9.17, 15) is 0 Å². The van der Waals surface area contributed by atoms with E-state index in [4.69, 9.17) is 11.6 Å². The number of hydrogen-bond donors (Lipinski definition) is 1. The summed E-state index contributed by atoms with van der Waals surface area (Å²) in [4.78, 5) is 0. The number of aryl methyl sites for hydroxylation is 1. The van der Waals surface area contributed by atoms with Gasteiger partial charge in [0.2, 0.25) is 0 Å². The summed E-state index contributed by atoms with van der Waals surface area (Å²) in [6.07, 6.45) is 3.29. The molecular weight excluding hydrogens is 194 g/mol. The highest BCUT2D eigenvalue weighted by molar-refractivity contribution is 6.17. The van der Waals surface area contributed by atoms with Crippen LogP contribution in [-0.2, 0) is 6.42 Å². The van der Waals surface area contributed by atoms with E-state index in [0.717, 1.165) is 31.7 Å². The molecule has 0 aliphatic carbocycles. The van der Waals surface area contributed by atoms with Gasteiger partial charge in [0.05, 0.1) is 0 Å². The summed E-state index contributed by atoms with van der Waals surface area (Å²) in [6, 6.07) is 8.58. The molecule has 2 heteroatoms. The highest BCUT2D eigenvalue weighted by Crippen LogP contribution is 2.12. The Morgan fingerprint density at radius 1 is 1.36 bits per heavy atom. The van der Waals surface area contributed by atoms with Crippen LogP contribution in [0.15, 0.2) is 24.3 Å². The summed E-state index contributed by atoms with van der Waals surface area (Å²) in [5.41, 5.74) is 2.59. The van der Waals surface area contributed by atoms with Gasteiger partial charge in [-0.15, -0.1) is 11.6 Å². The predicted octanol–water partition coefficient (Wildman–Crippen LogP) is 3.68. The molecule has 14 heavy (non-hydrogen) atoms. The SMILES string of the molecule is CCCNc1cccc(CCCCl)c1. The molecule has 1 aromatic carbocycles. The molecule has 0 radical (unpaired) electrons. The van der Waals surface area contributed by atoms with Crippen molar-refractivity contribution < 1.29 is 0 Å². The first-order valence-corrected chi connectivity index (χ1v) is 5.79. The average Bonchev–Trinajstić information content (AvgIpc) is 2.24. The molecule has 0 amide bonds. The molecule has 0 bridgehead atoms. The number of anilines is 1. The third kappa shape index (κ3) is 4.01. The van der Waals surface area contributed by atoms with Crippen LogP contribution in [0.5, 0.6) is 0 Å². The molecule has 78 valence electrons. The maximum absolute atomic E-state index is 5.66. The van der Waals surface area contributed by atoms with Gasteiger partial charge in [0, 0.05) is 18.1 Å². The smallest absolute Gasteiger partial charge is 0.0342 e. The first-order chi connectivity index (χ1) is 6.86. The summed E-state index contributed by atoms with van der Waals surface area (Å²) >= 11 is 5.66. The van der Waals surface area contributed by atoms with E-state index in [1.165, 1.54) is 11.3 Å². The van der Waals surface area contributed by atoms with E-state index in [1.807, 2.05) is 0 Å². The maximum atomic E-state index is 5.66. The van der Waals surface area contributed by atoms with Gasteiger partial charge in [0.1, 0.15) is 0 Å². The highest BCUT2D eigenvalue weighted by atomic mass is 35.5. The molecule has 1 aromatic rings. The number of alkyl halides is 1. The summed E-state index contributed by atoms with van der Waals surface area (Å²) in [5.74, 6) is 0.743. The van der Waals surface area contributed by atoms with Crippen molar-refractivity contribution in [1.29, 1.82) is 0 Å². The van der Waals surface area contributed by atoms with Crippen molar-refractivity contribution in [3.8, 4) is 0 Å². The van der Waals surface area contributed by atoms with Crippen molar-refractivity contribution in [3.63, 3.8) is 0 Å². The summed E-state index contributed by atoms with van der Waals surface area (Å²) in [5, 5.41) is 3.38. The molecular formula is C12H18ClN. The number of halogens is 1. The second kappa shape index (κ2) is 6.72. The van der Waals surface area contributed by atoms with Crippen LogP contribution in [0, 0.1) is 0 Å². The minimum absolute atomic E-state index is 0.743. The lowest BCUT2D eigenvalue weighted by Crippen LogP contribution is -1.99. The molecule has 0 aliphatic rings. The topological polar surface area (TPSA) is 12.0 Å². The second-order valence-electron chi connectivity index (χ2n) is 3.42. The van der Waals surface area contributed by atoms with E-state index in [2.05, 4.69) is 36.5 Å². The molecule has 0 spiro atoms. The molecule has 1 rings (SSSR count). The number of rotatable bonds is 6. The molecule has 1 N–H and O–H groups in total. The van der Waals surface area contributed by atoms with Crippen molar-refractivity contribution in [2.45, 2.75) is 26.2 Å². The highest BCUT2D eigenvalue weighted by Gasteiger charge is 1.94. The van der Waals surface area contributed by atoms with Crippen LogP contribution >= 0.6 is 11.6 Å². The number of benzene rings is 1. The van der Waals surface area contributed by atoms with Gasteiger partial charge in [-0.25, -0.2) is 0 Å². The van der Waals surface area contributed by atoms with Crippen LogP contribution in [0.3, 0.4) is 0 Å². The van der Waals surface area contributed by atoms with Crippen molar-refractivity contribution in [2.24, 2.45) is 0 Å². The second-order valence-corrected chi connectivity index (χ2v) is 3.80. The predicted molar refractivity (Wildman–Crippen MR) is 64.3 cm³/mol. The molecule has 0 saturated heterocycles. The fraction of sp³-hybridized carbons (Fsp3) is 0.500. The van der Waals surface area contributed by atoms with Gasteiger partial charge in [-0.1, -0.05) is 19.1 Å². The third-order valence-corrected chi connectivity index (χ3v) is 2.37. The van der Waals surface area contributed by atoms with Gasteiger partial charge in [0.15, 0.2) is 0 Å². The van der Waals surface area contributed by atoms with E-state index in [-0.39, 0.29) is 0 Å². The summed E-state index contributed by atoms with van der Waals surface area (Å²) in [7, 11) is 0. The third-order valence-electron chi connectivity index (χ3n) is 2.11. The first kappa shape index (κ1) is 11.4. The summed E-state index contributed by atoms with van der Waals surface area (Å²) in [6.45, 7) is 3.21. The Labute approximate surface area is 91.5 Å². The number of hydrogen-bond acceptors (Lipinski definition) is 1. The zero-order chi connectivity index (χ0) is 10.2. The van der Waals surface area contributed by atoms with Crippen molar-refractivity contribution in [3.05, 3.63) is 29.8 Å². The zero-order valence-electron chi connectivity index (χ0n) is 8.72. The molecule has 0 heterocycles. The normalized spacial score (nSPS) is 10.1. The van der Waals surface area contributed by atoms with Crippen LogP contribution in [0.25, 0.3) is 0 Å². The Balaban J connectivity index is 2.50. The molecule has 0 saturated carbocycles. The van der Waals surface area contributed by atoms with Gasteiger partial charge < -0.3 is 5.32 Å². The average molecular weight is 212 g/mol. The van der Waals surface area contributed by atoms with Gasteiger partial charge >= 0.3 is 0 Å². The Kier molecular flexibility index (Phi) is 5.46. The van der Waals surface area contributed by atoms with Gasteiger partial charge in [-0.05, 0) is 37.0 Å². The van der Waals surface area contributed by atoms with Gasteiger partial charge in [-0.3, -0.25) is 0 Å². The van der Waals surface area contributed by atoms with Crippen LogP contribution in [0.2, 0.25) is 0 Å². The van der Waals surface area contributed by atoms with E-state index in [0.29, 0.717) is 0 Å². The van der Waals surface area contributed by atoms with E-state index < -0.39 is 0 Å². The molecule has 1 nitrogen and oxygen atoms in total. The molecule has 0 fully saturated rings. The maximum Gasteiger partial charge on any atom is 0.0342 e. The van der Waals surface area contributed by atoms with Crippen molar-refractivity contribution in [1.82, 2.24) is 0 Å². The minimum Gasteiger partial charge on any atom is -0.385 e.